The van der Waals surface area contributed by atoms with Crippen LogP contribution in [-0.4, -0.2) is 29.0 Å². The number of fused-ring (bicyclic) bond motifs is 1. The van der Waals surface area contributed by atoms with Gasteiger partial charge in [-0.3, -0.25) is 5.32 Å². The second-order valence-corrected chi connectivity index (χ2v) is 5.61. The summed E-state index contributed by atoms with van der Waals surface area (Å²) in [5, 5.41) is 13.2. The van der Waals surface area contributed by atoms with Crippen molar-refractivity contribution in [2.75, 3.05) is 12.3 Å². The number of nitrogens with one attached hydrogen (secondary N) is 1. The van der Waals surface area contributed by atoms with Gasteiger partial charge in [0.05, 0.1) is 0 Å². The van der Waals surface area contributed by atoms with E-state index in [9.17, 15) is 5.11 Å². The quantitative estimate of drug-likeness (QED) is 0.729. The number of hydrogen-bond acceptors (Lipinski definition) is 5. The summed E-state index contributed by atoms with van der Waals surface area (Å²) < 4.78 is 5.95. The van der Waals surface area contributed by atoms with Crippen LogP contribution < -0.4 is 15.8 Å². The predicted molar refractivity (Wildman–Crippen MR) is 85.5 cm³/mol. The van der Waals surface area contributed by atoms with Gasteiger partial charge < -0.3 is 15.6 Å². The van der Waals surface area contributed by atoms with Crippen LogP contribution >= 0.6 is 0 Å². The first-order valence-electron chi connectivity index (χ1n) is 7.57. The van der Waals surface area contributed by atoms with Crippen LogP contribution in [-0.2, 0) is 12.8 Å². The highest BCUT2D eigenvalue weighted by Crippen LogP contribution is 2.26. The van der Waals surface area contributed by atoms with Crippen LogP contribution in [0.5, 0.6) is 5.75 Å². The number of nitrogens with zero attached hydrogens (tertiary/aromatic N) is 1. The molecule has 0 spiro atoms. The first-order valence-corrected chi connectivity index (χ1v) is 7.57. The van der Waals surface area contributed by atoms with Crippen LogP contribution in [0.25, 0.3) is 0 Å². The second-order valence-electron chi connectivity index (χ2n) is 5.61. The minimum atomic E-state index is -0.619. The Hall–Kier alpha value is -2.11. The lowest BCUT2D eigenvalue weighted by molar-refractivity contribution is 0.103. The first kappa shape index (κ1) is 14.8. The average Bonchev–Trinajstić information content (AvgIpc) is 2.55. The molecule has 5 heteroatoms. The largest absolute Gasteiger partial charge is 0.489 e. The third-order valence-electron chi connectivity index (χ3n) is 3.86. The highest BCUT2D eigenvalue weighted by Gasteiger charge is 2.19. The zero-order chi connectivity index (χ0) is 15.4. The Morgan fingerprint density at radius 1 is 1.32 bits per heavy atom. The zero-order valence-electron chi connectivity index (χ0n) is 12.4. The maximum atomic E-state index is 10.1. The van der Waals surface area contributed by atoms with Crippen LogP contribution in [0.3, 0.4) is 0 Å². The zero-order valence-corrected chi connectivity index (χ0v) is 12.4. The van der Waals surface area contributed by atoms with Crippen molar-refractivity contribution in [3.8, 4) is 5.75 Å². The Balaban J connectivity index is 1.47. The number of anilines is 1. The molecule has 2 unspecified atom stereocenters. The summed E-state index contributed by atoms with van der Waals surface area (Å²) >= 11 is 0. The van der Waals surface area contributed by atoms with Crippen LogP contribution in [0.15, 0.2) is 42.6 Å². The first-order chi connectivity index (χ1) is 10.7. The normalized spacial score (nSPS) is 18.3. The minimum Gasteiger partial charge on any atom is -0.489 e. The number of para-hydroxylation sites is 1. The molecule has 3 rings (SSSR count). The minimum absolute atomic E-state index is 0.0918. The van der Waals surface area contributed by atoms with Gasteiger partial charge in [0.15, 0.2) is 0 Å². The second kappa shape index (κ2) is 6.77. The Kier molecular flexibility index (Phi) is 4.56. The summed E-state index contributed by atoms with van der Waals surface area (Å²) in [4.78, 5) is 4.02. The molecule has 0 aliphatic carbocycles. The monoisotopic (exact) mass is 299 g/mol. The van der Waals surface area contributed by atoms with Crippen molar-refractivity contribution >= 4 is 5.82 Å². The number of nitrogen functional groups attached to an aromatic ring is 1. The van der Waals surface area contributed by atoms with E-state index < -0.39 is 6.23 Å². The van der Waals surface area contributed by atoms with Gasteiger partial charge in [-0.2, -0.15) is 0 Å². The number of aryl methyl sites for hydroxylation is 1. The molecule has 1 aliphatic rings. The summed E-state index contributed by atoms with van der Waals surface area (Å²) in [6, 6.07) is 11.7. The van der Waals surface area contributed by atoms with Crippen molar-refractivity contribution in [3.05, 3.63) is 53.7 Å². The number of ether oxygens (including phenoxy) is 1. The number of nitrogens with two attached hydrogens (primary N) is 1. The van der Waals surface area contributed by atoms with Gasteiger partial charge in [-0.25, -0.2) is 4.98 Å². The van der Waals surface area contributed by atoms with E-state index in [1.54, 1.807) is 12.3 Å². The predicted octanol–water partition coefficient (Wildman–Crippen LogP) is 1.51. The molecular formula is C17H21N3O2. The molecule has 116 valence electrons. The van der Waals surface area contributed by atoms with E-state index in [1.807, 2.05) is 24.3 Å². The van der Waals surface area contributed by atoms with Gasteiger partial charge in [0, 0.05) is 19.2 Å². The number of benzene rings is 1. The molecule has 1 aliphatic heterocycles. The molecule has 4 N–H and O–H groups in total. The fraction of sp³-hybridized carbons (Fsp3) is 0.353. The molecule has 1 aromatic carbocycles. The van der Waals surface area contributed by atoms with Crippen molar-refractivity contribution in [1.29, 1.82) is 0 Å². The summed E-state index contributed by atoms with van der Waals surface area (Å²) in [6.07, 6.45) is 3.63. The molecule has 22 heavy (non-hydrogen) atoms. The lowest BCUT2D eigenvalue weighted by atomic mass is 10.0. The summed E-state index contributed by atoms with van der Waals surface area (Å²) in [5.41, 5.74) is 7.75. The topological polar surface area (TPSA) is 80.4 Å². The van der Waals surface area contributed by atoms with Gasteiger partial charge in [-0.1, -0.05) is 24.3 Å². The Morgan fingerprint density at radius 3 is 3.00 bits per heavy atom. The van der Waals surface area contributed by atoms with Crippen LogP contribution in [0, 0.1) is 0 Å². The molecular weight excluding hydrogens is 278 g/mol. The van der Waals surface area contributed by atoms with Gasteiger partial charge >= 0.3 is 0 Å². The van der Waals surface area contributed by atoms with E-state index in [1.165, 1.54) is 5.56 Å². The van der Waals surface area contributed by atoms with Gasteiger partial charge in [-0.05, 0) is 36.1 Å². The van der Waals surface area contributed by atoms with E-state index >= 15 is 0 Å². The molecule has 0 amide bonds. The lowest BCUT2D eigenvalue weighted by Crippen LogP contribution is -2.40. The molecule has 2 heterocycles. The SMILES string of the molecule is Nc1ccc(CC(O)NCC2CCc3ccccc3O2)cn1. The van der Waals surface area contributed by atoms with Crippen molar-refractivity contribution < 1.29 is 9.84 Å². The van der Waals surface area contributed by atoms with Gasteiger partial charge in [-0.15, -0.1) is 0 Å². The molecule has 0 fully saturated rings. The number of rotatable bonds is 5. The molecule has 5 nitrogen and oxygen atoms in total. The number of pyridine rings is 1. The van der Waals surface area contributed by atoms with Gasteiger partial charge in [0.2, 0.25) is 0 Å². The Labute approximate surface area is 130 Å². The fourth-order valence-corrected chi connectivity index (χ4v) is 2.64. The highest BCUT2D eigenvalue weighted by atomic mass is 16.5. The average molecular weight is 299 g/mol. The standard InChI is InChI=1S/C17H21N3O2/c18-16-8-5-12(10-19-16)9-17(21)20-11-14-7-6-13-3-1-2-4-15(13)22-14/h1-5,8,10,14,17,20-21H,6-7,9,11H2,(H2,18,19). The molecule has 2 atom stereocenters. The van der Waals surface area contributed by atoms with E-state index in [2.05, 4.69) is 16.4 Å². The van der Waals surface area contributed by atoms with E-state index in [0.29, 0.717) is 18.8 Å². The van der Waals surface area contributed by atoms with Crippen LogP contribution in [0.1, 0.15) is 17.5 Å². The maximum absolute atomic E-state index is 10.1. The van der Waals surface area contributed by atoms with Crippen molar-refractivity contribution in [3.63, 3.8) is 0 Å². The van der Waals surface area contributed by atoms with Crippen molar-refractivity contribution in [2.45, 2.75) is 31.6 Å². The summed E-state index contributed by atoms with van der Waals surface area (Å²) in [6.45, 7) is 0.623. The molecule has 1 aromatic heterocycles. The molecule has 0 bridgehead atoms. The summed E-state index contributed by atoms with van der Waals surface area (Å²) in [5.74, 6) is 1.44. The third-order valence-corrected chi connectivity index (χ3v) is 3.86. The van der Waals surface area contributed by atoms with Crippen molar-refractivity contribution in [1.82, 2.24) is 10.3 Å². The number of aromatic nitrogens is 1. The lowest BCUT2D eigenvalue weighted by Gasteiger charge is -2.27. The number of hydrogen-bond donors (Lipinski definition) is 3. The highest BCUT2D eigenvalue weighted by molar-refractivity contribution is 5.35. The van der Waals surface area contributed by atoms with Crippen LogP contribution in [0.2, 0.25) is 0 Å². The van der Waals surface area contributed by atoms with E-state index in [-0.39, 0.29) is 6.10 Å². The van der Waals surface area contributed by atoms with Crippen LogP contribution in [0.4, 0.5) is 5.82 Å². The van der Waals surface area contributed by atoms with Crippen molar-refractivity contribution in [2.24, 2.45) is 0 Å². The van der Waals surface area contributed by atoms with Gasteiger partial charge in [0.25, 0.3) is 0 Å². The maximum Gasteiger partial charge on any atom is 0.123 e. The Morgan fingerprint density at radius 2 is 2.18 bits per heavy atom. The molecule has 0 saturated heterocycles. The number of aliphatic hydroxyl groups is 1. The summed E-state index contributed by atoms with van der Waals surface area (Å²) in [7, 11) is 0. The Bertz CT molecular complexity index is 616. The smallest absolute Gasteiger partial charge is 0.123 e. The third kappa shape index (κ3) is 3.75. The molecule has 0 saturated carbocycles. The molecule has 2 aromatic rings. The van der Waals surface area contributed by atoms with Gasteiger partial charge in [0.1, 0.15) is 23.9 Å². The number of aliphatic hydroxyl groups excluding tert-OH is 1. The fourth-order valence-electron chi connectivity index (χ4n) is 2.64. The molecule has 0 radical (unpaired) electrons. The van der Waals surface area contributed by atoms with E-state index in [4.69, 9.17) is 10.5 Å². The van der Waals surface area contributed by atoms with E-state index in [0.717, 1.165) is 24.2 Å².